The van der Waals surface area contributed by atoms with Crippen LogP contribution in [0.15, 0.2) is 36.5 Å². The molecule has 0 radical (unpaired) electrons. The van der Waals surface area contributed by atoms with Crippen LogP contribution in [0.5, 0.6) is 5.75 Å². The highest BCUT2D eigenvalue weighted by Crippen LogP contribution is 2.19. The summed E-state index contributed by atoms with van der Waals surface area (Å²) in [6.45, 7) is 6.50. The van der Waals surface area contributed by atoms with Crippen molar-refractivity contribution in [1.29, 1.82) is 0 Å². The Balaban J connectivity index is 0.00000261. The molecule has 2 N–H and O–H groups in total. The van der Waals surface area contributed by atoms with Crippen molar-refractivity contribution < 1.29 is 9.53 Å². The summed E-state index contributed by atoms with van der Waals surface area (Å²) >= 11 is 0. The van der Waals surface area contributed by atoms with Crippen LogP contribution >= 0.6 is 12.4 Å². The van der Waals surface area contributed by atoms with Crippen LogP contribution in [-0.4, -0.2) is 41.4 Å². The number of carbonyl (C=O) groups is 1. The first-order chi connectivity index (χ1) is 12.7. The molecule has 1 aromatic carbocycles. The molecular formula is C20H29ClN4O2. The largest absolute Gasteiger partial charge is 0.488 e. The van der Waals surface area contributed by atoms with Gasteiger partial charge >= 0.3 is 0 Å². The number of aryl methyl sites for hydroxylation is 1. The summed E-state index contributed by atoms with van der Waals surface area (Å²) < 4.78 is 7.94. The maximum Gasteiger partial charge on any atom is 0.271 e. The van der Waals surface area contributed by atoms with Gasteiger partial charge in [0.15, 0.2) is 0 Å². The highest BCUT2D eigenvalue weighted by Gasteiger charge is 2.18. The Kier molecular flexibility index (Phi) is 8.13. The second kappa shape index (κ2) is 10.3. The molecule has 0 spiro atoms. The Labute approximate surface area is 167 Å². The van der Waals surface area contributed by atoms with E-state index in [4.69, 9.17) is 4.74 Å². The van der Waals surface area contributed by atoms with E-state index in [1.165, 1.54) is 0 Å². The minimum absolute atomic E-state index is 0. The highest BCUT2D eigenvalue weighted by molar-refractivity contribution is 5.92. The third-order valence-corrected chi connectivity index (χ3v) is 4.82. The van der Waals surface area contributed by atoms with Gasteiger partial charge < -0.3 is 15.4 Å². The van der Waals surface area contributed by atoms with Crippen LogP contribution in [0.1, 0.15) is 48.3 Å². The zero-order valence-corrected chi connectivity index (χ0v) is 16.8. The number of amides is 1. The molecule has 0 bridgehead atoms. The molecule has 1 saturated heterocycles. The number of nitrogens with one attached hydrogen (secondary N) is 2. The Morgan fingerprint density at radius 1 is 1.41 bits per heavy atom. The molecule has 0 aliphatic carbocycles. The lowest BCUT2D eigenvalue weighted by Gasteiger charge is -2.23. The van der Waals surface area contributed by atoms with Gasteiger partial charge in [-0.3, -0.25) is 9.48 Å². The molecule has 1 amide bonds. The minimum atomic E-state index is -0.153. The van der Waals surface area contributed by atoms with Crippen molar-refractivity contribution in [2.75, 3.05) is 19.6 Å². The molecule has 2 heterocycles. The van der Waals surface area contributed by atoms with Crippen LogP contribution in [0, 0.1) is 6.92 Å². The van der Waals surface area contributed by atoms with Crippen LogP contribution in [0.3, 0.4) is 0 Å². The molecule has 0 saturated carbocycles. The predicted molar refractivity (Wildman–Crippen MR) is 109 cm³/mol. The summed E-state index contributed by atoms with van der Waals surface area (Å²) in [6.07, 6.45) is 4.88. The van der Waals surface area contributed by atoms with Gasteiger partial charge in [0, 0.05) is 12.7 Å². The number of halogens is 1. The van der Waals surface area contributed by atoms with E-state index in [1.54, 1.807) is 6.07 Å². The summed E-state index contributed by atoms with van der Waals surface area (Å²) in [5.41, 5.74) is 1.55. The first kappa shape index (κ1) is 21.3. The van der Waals surface area contributed by atoms with Gasteiger partial charge in [0.05, 0.1) is 12.6 Å². The van der Waals surface area contributed by atoms with Crippen molar-refractivity contribution in [1.82, 2.24) is 20.4 Å². The zero-order chi connectivity index (χ0) is 18.4. The summed E-state index contributed by atoms with van der Waals surface area (Å²) in [5, 5.41) is 10.8. The van der Waals surface area contributed by atoms with Gasteiger partial charge in [-0.2, -0.15) is 5.10 Å². The van der Waals surface area contributed by atoms with Crippen molar-refractivity contribution in [3.8, 4) is 5.75 Å². The molecule has 1 aliphatic heterocycles. The first-order valence-corrected chi connectivity index (χ1v) is 9.43. The Morgan fingerprint density at radius 3 is 2.93 bits per heavy atom. The van der Waals surface area contributed by atoms with E-state index in [0.29, 0.717) is 18.3 Å². The van der Waals surface area contributed by atoms with Crippen molar-refractivity contribution in [3.63, 3.8) is 0 Å². The molecule has 2 aromatic rings. The molecule has 1 aliphatic rings. The average Bonchev–Trinajstić information content (AvgIpc) is 3.17. The summed E-state index contributed by atoms with van der Waals surface area (Å²) in [4.78, 5) is 12.4. The maximum absolute atomic E-state index is 12.4. The molecular weight excluding hydrogens is 364 g/mol. The number of piperidine rings is 1. The average molecular weight is 393 g/mol. The molecule has 2 atom stereocenters. The molecule has 2 unspecified atom stereocenters. The number of ether oxygens (including phenoxy) is 1. The van der Waals surface area contributed by atoms with E-state index in [0.717, 1.165) is 43.7 Å². The van der Waals surface area contributed by atoms with Gasteiger partial charge in [0.1, 0.15) is 17.5 Å². The SMILES string of the molecule is CCC(CNC(=O)c1ccn(C2CCCNC2)n1)Oc1ccccc1C.Cl. The van der Waals surface area contributed by atoms with Crippen LogP contribution in [-0.2, 0) is 0 Å². The van der Waals surface area contributed by atoms with Crippen LogP contribution in [0.4, 0.5) is 0 Å². The standard InChI is InChI=1S/C20H28N4O2.ClH/c1-3-17(26-19-9-5-4-7-15(19)2)14-22-20(25)18-10-12-24(23-18)16-8-6-11-21-13-16;/h4-5,7,9-10,12,16-17,21H,3,6,8,11,13-14H2,1-2H3,(H,22,25);1H. The molecule has 1 aromatic heterocycles. The number of para-hydroxylation sites is 1. The second-order valence-corrected chi connectivity index (χ2v) is 6.80. The normalized spacial score (nSPS) is 17.6. The van der Waals surface area contributed by atoms with Crippen LogP contribution in [0.2, 0.25) is 0 Å². The number of nitrogens with zero attached hydrogens (tertiary/aromatic N) is 2. The molecule has 7 heteroatoms. The fraction of sp³-hybridized carbons (Fsp3) is 0.500. The first-order valence-electron chi connectivity index (χ1n) is 9.43. The Hall–Kier alpha value is -2.05. The van der Waals surface area contributed by atoms with Crippen LogP contribution in [0.25, 0.3) is 0 Å². The molecule has 1 fully saturated rings. The third-order valence-electron chi connectivity index (χ3n) is 4.82. The number of aromatic nitrogens is 2. The monoisotopic (exact) mass is 392 g/mol. The Bertz CT molecular complexity index is 728. The highest BCUT2D eigenvalue weighted by atomic mass is 35.5. The van der Waals surface area contributed by atoms with E-state index in [-0.39, 0.29) is 24.4 Å². The Morgan fingerprint density at radius 2 is 2.22 bits per heavy atom. The number of benzene rings is 1. The summed E-state index contributed by atoms with van der Waals surface area (Å²) in [6, 6.07) is 10.0. The molecule has 148 valence electrons. The lowest BCUT2D eigenvalue weighted by molar-refractivity contribution is 0.0919. The summed E-state index contributed by atoms with van der Waals surface area (Å²) in [7, 11) is 0. The predicted octanol–water partition coefficient (Wildman–Crippen LogP) is 3.13. The van der Waals surface area contributed by atoms with E-state index < -0.39 is 0 Å². The number of carbonyl (C=O) groups excluding carboxylic acids is 1. The fourth-order valence-electron chi connectivity index (χ4n) is 3.16. The quantitative estimate of drug-likeness (QED) is 0.759. The number of rotatable bonds is 7. The smallest absolute Gasteiger partial charge is 0.271 e. The van der Waals surface area contributed by atoms with Crippen molar-refractivity contribution >= 4 is 18.3 Å². The topological polar surface area (TPSA) is 68.2 Å². The van der Waals surface area contributed by atoms with Crippen molar-refractivity contribution in [3.05, 3.63) is 47.8 Å². The van der Waals surface area contributed by atoms with Crippen molar-refractivity contribution in [2.24, 2.45) is 0 Å². The van der Waals surface area contributed by atoms with Crippen molar-refractivity contribution in [2.45, 2.75) is 45.3 Å². The lowest BCUT2D eigenvalue weighted by Crippen LogP contribution is -2.35. The summed E-state index contributed by atoms with van der Waals surface area (Å²) in [5.74, 6) is 0.710. The van der Waals surface area contributed by atoms with E-state index >= 15 is 0 Å². The fourth-order valence-corrected chi connectivity index (χ4v) is 3.16. The van der Waals surface area contributed by atoms with E-state index in [2.05, 4.69) is 22.7 Å². The minimum Gasteiger partial charge on any atom is -0.488 e. The van der Waals surface area contributed by atoms with Gasteiger partial charge in [0.25, 0.3) is 5.91 Å². The maximum atomic E-state index is 12.4. The van der Waals surface area contributed by atoms with Gasteiger partial charge in [-0.1, -0.05) is 25.1 Å². The molecule has 3 rings (SSSR count). The van der Waals surface area contributed by atoms with Gasteiger partial charge in [-0.25, -0.2) is 0 Å². The van der Waals surface area contributed by atoms with Gasteiger partial charge in [-0.05, 0) is 50.4 Å². The lowest BCUT2D eigenvalue weighted by atomic mass is 10.1. The number of hydrogen-bond donors (Lipinski definition) is 2. The third kappa shape index (κ3) is 5.71. The van der Waals surface area contributed by atoms with Gasteiger partial charge in [-0.15, -0.1) is 12.4 Å². The van der Waals surface area contributed by atoms with E-state index in [1.807, 2.05) is 42.1 Å². The van der Waals surface area contributed by atoms with Crippen LogP contribution < -0.4 is 15.4 Å². The van der Waals surface area contributed by atoms with Gasteiger partial charge in [0.2, 0.25) is 0 Å². The van der Waals surface area contributed by atoms with E-state index in [9.17, 15) is 4.79 Å². The zero-order valence-electron chi connectivity index (χ0n) is 16.0. The molecule has 27 heavy (non-hydrogen) atoms. The number of hydrogen-bond acceptors (Lipinski definition) is 4. The molecule has 6 nitrogen and oxygen atoms in total. The second-order valence-electron chi connectivity index (χ2n) is 6.80.